The summed E-state index contributed by atoms with van der Waals surface area (Å²) in [5, 5.41) is 1.01. The Hall–Kier alpha value is -1.78. The maximum atomic E-state index is 12.5. The van der Waals surface area contributed by atoms with E-state index in [4.69, 9.17) is 29.6 Å². The Morgan fingerprint density at radius 2 is 1.79 bits per heavy atom. The first kappa shape index (κ1) is 17.1. The fourth-order valence-corrected chi connectivity index (χ4v) is 4.76. The normalized spacial score (nSPS) is 12.5. The number of sulfonamides is 1. The van der Waals surface area contributed by atoms with E-state index in [9.17, 15) is 8.42 Å². The van der Waals surface area contributed by atoms with Gasteiger partial charge in [-0.3, -0.25) is 0 Å². The molecule has 0 saturated carbocycles. The summed E-state index contributed by atoms with van der Waals surface area (Å²) in [4.78, 5) is 0.356. The summed E-state index contributed by atoms with van der Waals surface area (Å²) in [6.45, 7) is 0.205. The first-order chi connectivity index (χ1) is 11.4. The zero-order valence-electron chi connectivity index (χ0n) is 12.1. The van der Waals surface area contributed by atoms with Crippen molar-refractivity contribution >= 4 is 54.8 Å². The third kappa shape index (κ3) is 3.35. The van der Waals surface area contributed by atoms with E-state index in [0.29, 0.717) is 14.8 Å². The van der Waals surface area contributed by atoms with Crippen LogP contribution in [0.25, 0.3) is 10.2 Å². The molecule has 1 aromatic heterocycles. The molecule has 4 nitrogen and oxygen atoms in total. The van der Waals surface area contributed by atoms with Gasteiger partial charge in [0.15, 0.2) is 0 Å². The van der Waals surface area contributed by atoms with Crippen molar-refractivity contribution in [1.29, 1.82) is 0 Å². The second kappa shape index (κ2) is 6.61. The molecule has 122 valence electrons. The number of aromatic nitrogens is 1. The lowest BCUT2D eigenvalue weighted by atomic mass is 10.3. The van der Waals surface area contributed by atoms with Crippen molar-refractivity contribution in [3.63, 3.8) is 0 Å². The van der Waals surface area contributed by atoms with Crippen LogP contribution in [0.1, 0.15) is 0 Å². The lowest BCUT2D eigenvalue weighted by molar-refractivity contribution is 0.596. The van der Waals surface area contributed by atoms with E-state index in [1.165, 1.54) is 35.6 Å². The van der Waals surface area contributed by atoms with Crippen LogP contribution in [0.5, 0.6) is 0 Å². The van der Waals surface area contributed by atoms with E-state index in [-0.39, 0.29) is 11.4 Å². The SMILES string of the molecule is C#CCn1c(=NS(=O)(=O)c2ccc(Cl)cc2)sc2cc(Cl)ccc21. The Kier molecular flexibility index (Phi) is 4.70. The van der Waals surface area contributed by atoms with E-state index >= 15 is 0 Å². The Bertz CT molecular complexity index is 1120. The van der Waals surface area contributed by atoms with E-state index in [1.54, 1.807) is 22.8 Å². The number of benzene rings is 2. The number of halogens is 2. The third-order valence-electron chi connectivity index (χ3n) is 3.20. The molecule has 3 rings (SSSR count). The van der Waals surface area contributed by atoms with Gasteiger partial charge in [0.1, 0.15) is 0 Å². The molecule has 8 heteroatoms. The van der Waals surface area contributed by atoms with Gasteiger partial charge in [-0.25, -0.2) is 0 Å². The van der Waals surface area contributed by atoms with Crippen LogP contribution in [-0.2, 0) is 16.6 Å². The predicted octanol–water partition coefficient (Wildman–Crippen LogP) is 3.93. The molecule has 0 unspecified atom stereocenters. The predicted molar refractivity (Wildman–Crippen MR) is 97.9 cm³/mol. The number of terminal acetylenes is 1. The fraction of sp³-hybridized carbons (Fsp3) is 0.0625. The molecule has 2 aromatic carbocycles. The Morgan fingerprint density at radius 3 is 2.46 bits per heavy atom. The first-order valence-corrected chi connectivity index (χ1v) is 9.71. The van der Waals surface area contributed by atoms with Crippen LogP contribution >= 0.6 is 34.5 Å². The van der Waals surface area contributed by atoms with Gasteiger partial charge in [0.25, 0.3) is 10.0 Å². The molecular weight excluding hydrogens is 387 g/mol. The molecule has 0 aliphatic heterocycles. The van der Waals surface area contributed by atoms with Gasteiger partial charge >= 0.3 is 0 Å². The number of nitrogens with zero attached hydrogens (tertiary/aromatic N) is 2. The van der Waals surface area contributed by atoms with Gasteiger partial charge in [0.2, 0.25) is 4.80 Å². The minimum atomic E-state index is -3.87. The summed E-state index contributed by atoms with van der Waals surface area (Å²) in [5.74, 6) is 2.51. The van der Waals surface area contributed by atoms with Crippen LogP contribution in [0.4, 0.5) is 0 Å². The lowest BCUT2D eigenvalue weighted by Crippen LogP contribution is -2.16. The van der Waals surface area contributed by atoms with Crippen molar-refractivity contribution in [3.8, 4) is 12.3 Å². The maximum Gasteiger partial charge on any atom is 0.285 e. The first-order valence-electron chi connectivity index (χ1n) is 6.69. The molecule has 0 spiro atoms. The largest absolute Gasteiger partial charge is 0.304 e. The molecule has 0 N–H and O–H groups in total. The van der Waals surface area contributed by atoms with Gasteiger partial charge in [-0.05, 0) is 42.5 Å². The standard InChI is InChI=1S/C16H10Cl2N2O2S2/c1-2-9-20-14-8-5-12(18)10-15(14)23-16(20)19-24(21,22)13-6-3-11(17)4-7-13/h1,3-8,10H,9H2. The summed E-state index contributed by atoms with van der Waals surface area (Å²) in [7, 11) is -3.87. The average molecular weight is 397 g/mol. The zero-order chi connectivity index (χ0) is 17.3. The van der Waals surface area contributed by atoms with E-state index < -0.39 is 10.0 Å². The van der Waals surface area contributed by atoms with Gasteiger partial charge in [-0.2, -0.15) is 8.42 Å². The highest BCUT2D eigenvalue weighted by Gasteiger charge is 2.14. The van der Waals surface area contributed by atoms with Crippen LogP contribution in [-0.4, -0.2) is 13.0 Å². The number of fused-ring (bicyclic) bond motifs is 1. The summed E-state index contributed by atoms with van der Waals surface area (Å²) in [6, 6.07) is 11.1. The Balaban J connectivity index is 2.24. The van der Waals surface area contributed by atoms with Gasteiger partial charge in [-0.1, -0.05) is 40.5 Å². The van der Waals surface area contributed by atoms with E-state index in [1.807, 2.05) is 0 Å². The highest BCUT2D eigenvalue weighted by Crippen LogP contribution is 2.22. The molecule has 24 heavy (non-hydrogen) atoms. The molecule has 0 aliphatic rings. The van der Waals surface area contributed by atoms with Crippen molar-refractivity contribution < 1.29 is 8.42 Å². The number of thiazole rings is 1. The van der Waals surface area contributed by atoms with Crippen LogP contribution < -0.4 is 4.80 Å². The van der Waals surface area contributed by atoms with Crippen LogP contribution in [0.2, 0.25) is 10.0 Å². The average Bonchev–Trinajstić information content (AvgIpc) is 2.84. The third-order valence-corrected chi connectivity index (χ3v) is 6.13. The Morgan fingerprint density at radius 1 is 1.12 bits per heavy atom. The highest BCUT2D eigenvalue weighted by molar-refractivity contribution is 7.90. The second-order valence-corrected chi connectivity index (χ2v) is 8.29. The number of rotatable bonds is 3. The molecule has 3 aromatic rings. The molecular formula is C16H10Cl2N2O2S2. The molecule has 0 amide bonds. The van der Waals surface area contributed by atoms with Crippen molar-refractivity contribution in [3.05, 3.63) is 57.3 Å². The zero-order valence-corrected chi connectivity index (χ0v) is 15.3. The van der Waals surface area contributed by atoms with Crippen LogP contribution in [0, 0.1) is 12.3 Å². The molecule has 0 saturated heterocycles. The van der Waals surface area contributed by atoms with Gasteiger partial charge < -0.3 is 4.57 Å². The van der Waals surface area contributed by atoms with Crippen molar-refractivity contribution in [2.45, 2.75) is 11.4 Å². The molecule has 0 bridgehead atoms. The summed E-state index contributed by atoms with van der Waals surface area (Å²) in [5.41, 5.74) is 0.785. The molecule has 1 heterocycles. The summed E-state index contributed by atoms with van der Waals surface area (Å²) in [6.07, 6.45) is 5.40. The monoisotopic (exact) mass is 396 g/mol. The fourth-order valence-electron chi connectivity index (χ4n) is 2.12. The van der Waals surface area contributed by atoms with E-state index in [0.717, 1.165) is 10.2 Å². The lowest BCUT2D eigenvalue weighted by Gasteiger charge is -2.01. The Labute approximate surface area is 153 Å². The van der Waals surface area contributed by atoms with Crippen molar-refractivity contribution in [1.82, 2.24) is 4.57 Å². The maximum absolute atomic E-state index is 12.5. The minimum absolute atomic E-state index is 0.0645. The van der Waals surface area contributed by atoms with E-state index in [2.05, 4.69) is 10.3 Å². The number of hydrogen-bond donors (Lipinski definition) is 0. The van der Waals surface area contributed by atoms with Gasteiger partial charge in [0, 0.05) is 10.0 Å². The topological polar surface area (TPSA) is 51.4 Å². The summed E-state index contributed by atoms with van der Waals surface area (Å²) < 4.78 is 31.5. The van der Waals surface area contributed by atoms with Gasteiger partial charge in [0.05, 0.1) is 21.7 Å². The van der Waals surface area contributed by atoms with Crippen molar-refractivity contribution in [2.75, 3.05) is 0 Å². The summed E-state index contributed by atoms with van der Waals surface area (Å²) >= 11 is 13.0. The smallest absolute Gasteiger partial charge is 0.285 e. The highest BCUT2D eigenvalue weighted by atomic mass is 35.5. The quantitative estimate of drug-likeness (QED) is 0.629. The van der Waals surface area contributed by atoms with Gasteiger partial charge in [-0.15, -0.1) is 10.8 Å². The second-order valence-electron chi connectivity index (χ2n) is 4.81. The van der Waals surface area contributed by atoms with Crippen LogP contribution in [0.15, 0.2) is 51.8 Å². The van der Waals surface area contributed by atoms with Crippen molar-refractivity contribution in [2.24, 2.45) is 4.40 Å². The molecule has 0 aliphatic carbocycles. The minimum Gasteiger partial charge on any atom is -0.304 e. The molecule has 0 atom stereocenters. The molecule has 0 radical (unpaired) electrons. The van der Waals surface area contributed by atoms with Crippen LogP contribution in [0.3, 0.4) is 0 Å². The number of hydrogen-bond acceptors (Lipinski definition) is 3. The molecule has 0 fully saturated rings.